The van der Waals surface area contributed by atoms with E-state index < -0.39 is 18.0 Å². The molecule has 9 heteroatoms. The fourth-order valence-electron chi connectivity index (χ4n) is 3.83. The average Bonchev–Trinajstić information content (AvgIpc) is 2.78. The lowest BCUT2D eigenvalue weighted by Gasteiger charge is -2.33. The normalized spacial score (nSPS) is 16.8. The Hall–Kier alpha value is -3.36. The summed E-state index contributed by atoms with van der Waals surface area (Å²) in [4.78, 5) is 22.4. The lowest BCUT2D eigenvalue weighted by molar-refractivity contribution is -0.141. The molecule has 1 atom stereocenters. The number of likely N-dealkylation sites (tertiary alicyclic amines) is 1. The summed E-state index contributed by atoms with van der Waals surface area (Å²) in [6, 6.07) is 11.7. The molecule has 2 heterocycles. The van der Waals surface area contributed by atoms with Crippen molar-refractivity contribution in [1.82, 2.24) is 14.9 Å². The van der Waals surface area contributed by atoms with Crippen molar-refractivity contribution in [3.8, 4) is 11.8 Å². The first-order chi connectivity index (χ1) is 15.4. The van der Waals surface area contributed by atoms with Gasteiger partial charge in [0.1, 0.15) is 11.9 Å². The molecule has 0 saturated carbocycles. The zero-order valence-corrected chi connectivity index (χ0v) is 17.4. The minimum absolute atomic E-state index is 0.205. The number of carbonyl (C=O) groups is 1. The number of nitrogens with zero attached hydrogens (tertiary/aromatic N) is 3. The summed E-state index contributed by atoms with van der Waals surface area (Å²) in [5, 5.41) is 1.70. The van der Waals surface area contributed by atoms with Gasteiger partial charge in [0.2, 0.25) is 0 Å². The van der Waals surface area contributed by atoms with E-state index in [2.05, 4.69) is 9.97 Å². The van der Waals surface area contributed by atoms with E-state index in [-0.39, 0.29) is 18.5 Å². The van der Waals surface area contributed by atoms with Crippen LogP contribution in [0, 0.1) is 0 Å². The third-order valence-electron chi connectivity index (χ3n) is 5.27. The van der Waals surface area contributed by atoms with Crippen LogP contribution >= 0.6 is 0 Å². The van der Waals surface area contributed by atoms with Crippen molar-refractivity contribution in [2.24, 2.45) is 0 Å². The summed E-state index contributed by atoms with van der Waals surface area (Å²) >= 11 is 0. The maximum absolute atomic E-state index is 13.5. The molecule has 1 saturated heterocycles. The SMILES string of the molecule is CCOc1ccc2ccccc2c1C(=O)N1CCCC(Oc2nccc(C(F)(F)F)n2)C1. The third-order valence-corrected chi connectivity index (χ3v) is 5.27. The van der Waals surface area contributed by atoms with Crippen LogP contribution < -0.4 is 9.47 Å². The Kier molecular flexibility index (Phi) is 6.16. The van der Waals surface area contributed by atoms with Crippen LogP contribution in [0.5, 0.6) is 11.8 Å². The Morgan fingerprint density at radius 1 is 1.19 bits per heavy atom. The second-order valence-electron chi connectivity index (χ2n) is 7.45. The standard InChI is InChI=1S/C23H22F3N3O3/c1-2-31-18-10-9-15-6-3-4-8-17(15)20(18)21(30)29-13-5-7-16(14-29)32-22-27-12-11-19(28-22)23(24,25)26/h3-4,6,8-12,16H,2,5,7,13-14H2,1H3. The van der Waals surface area contributed by atoms with E-state index in [1.54, 1.807) is 11.0 Å². The molecule has 1 aliphatic heterocycles. The fraction of sp³-hybridized carbons (Fsp3) is 0.348. The van der Waals surface area contributed by atoms with Gasteiger partial charge in [-0.25, -0.2) is 4.98 Å². The van der Waals surface area contributed by atoms with E-state index in [1.165, 1.54) is 0 Å². The molecule has 0 spiro atoms. The molecule has 1 amide bonds. The number of ether oxygens (including phenoxy) is 2. The second kappa shape index (κ2) is 9.02. The van der Waals surface area contributed by atoms with Crippen LogP contribution in [0.25, 0.3) is 10.8 Å². The van der Waals surface area contributed by atoms with E-state index in [4.69, 9.17) is 9.47 Å². The highest BCUT2D eigenvalue weighted by Crippen LogP contribution is 2.31. The summed E-state index contributed by atoms with van der Waals surface area (Å²) in [5.41, 5.74) is -0.593. The summed E-state index contributed by atoms with van der Waals surface area (Å²) < 4.78 is 50.1. The lowest BCUT2D eigenvalue weighted by Crippen LogP contribution is -2.44. The van der Waals surface area contributed by atoms with Crippen LogP contribution in [-0.2, 0) is 6.18 Å². The fourth-order valence-corrected chi connectivity index (χ4v) is 3.83. The number of halogens is 3. The van der Waals surface area contributed by atoms with Gasteiger partial charge in [0.05, 0.1) is 18.7 Å². The minimum Gasteiger partial charge on any atom is -0.493 e. The van der Waals surface area contributed by atoms with Crippen LogP contribution in [0.1, 0.15) is 35.8 Å². The molecule has 6 nitrogen and oxygen atoms in total. The summed E-state index contributed by atoms with van der Waals surface area (Å²) in [6.45, 7) is 2.99. The molecule has 4 rings (SSSR count). The van der Waals surface area contributed by atoms with Crippen molar-refractivity contribution in [3.05, 3.63) is 59.9 Å². The molecule has 1 aliphatic rings. The third kappa shape index (κ3) is 4.61. The van der Waals surface area contributed by atoms with Crippen LogP contribution in [0.4, 0.5) is 13.2 Å². The van der Waals surface area contributed by atoms with Crippen molar-refractivity contribution in [1.29, 1.82) is 0 Å². The zero-order valence-electron chi connectivity index (χ0n) is 17.4. The number of hydrogen-bond donors (Lipinski definition) is 0. The number of alkyl halides is 3. The minimum atomic E-state index is -4.58. The largest absolute Gasteiger partial charge is 0.493 e. The van der Waals surface area contributed by atoms with Gasteiger partial charge in [0.15, 0.2) is 5.69 Å². The van der Waals surface area contributed by atoms with Gasteiger partial charge in [-0.2, -0.15) is 18.2 Å². The van der Waals surface area contributed by atoms with Gasteiger partial charge in [-0.15, -0.1) is 0 Å². The predicted molar refractivity (Wildman–Crippen MR) is 112 cm³/mol. The van der Waals surface area contributed by atoms with Crippen molar-refractivity contribution in [2.75, 3.05) is 19.7 Å². The van der Waals surface area contributed by atoms with E-state index in [0.717, 1.165) is 23.0 Å². The first-order valence-electron chi connectivity index (χ1n) is 10.4. The van der Waals surface area contributed by atoms with Crippen molar-refractivity contribution in [3.63, 3.8) is 0 Å². The average molecular weight is 445 g/mol. The van der Waals surface area contributed by atoms with Crippen LogP contribution in [-0.4, -0.2) is 46.6 Å². The smallest absolute Gasteiger partial charge is 0.433 e. The molecule has 1 unspecified atom stereocenters. The van der Waals surface area contributed by atoms with Crippen molar-refractivity contribution < 1.29 is 27.4 Å². The molecular weight excluding hydrogens is 423 g/mol. The van der Waals surface area contributed by atoms with Crippen molar-refractivity contribution >= 4 is 16.7 Å². The number of benzene rings is 2. The molecule has 3 aromatic rings. The highest BCUT2D eigenvalue weighted by Gasteiger charge is 2.34. The Balaban J connectivity index is 1.57. The highest BCUT2D eigenvalue weighted by molar-refractivity contribution is 6.09. The highest BCUT2D eigenvalue weighted by atomic mass is 19.4. The molecule has 0 bridgehead atoms. The van der Waals surface area contributed by atoms with Crippen LogP contribution in [0.3, 0.4) is 0 Å². The van der Waals surface area contributed by atoms with Gasteiger partial charge in [0, 0.05) is 12.7 Å². The topological polar surface area (TPSA) is 64.5 Å². The monoisotopic (exact) mass is 445 g/mol. The Morgan fingerprint density at radius 2 is 2.00 bits per heavy atom. The van der Waals surface area contributed by atoms with Gasteiger partial charge >= 0.3 is 12.2 Å². The number of piperidine rings is 1. The number of aromatic nitrogens is 2. The first kappa shape index (κ1) is 21.9. The summed E-state index contributed by atoms with van der Waals surface area (Å²) in [6.07, 6.45) is -2.86. The van der Waals surface area contributed by atoms with E-state index in [0.29, 0.717) is 37.3 Å². The molecule has 0 aliphatic carbocycles. The van der Waals surface area contributed by atoms with Gasteiger partial charge in [0.25, 0.3) is 5.91 Å². The van der Waals surface area contributed by atoms with Gasteiger partial charge in [-0.3, -0.25) is 4.79 Å². The van der Waals surface area contributed by atoms with E-state index in [9.17, 15) is 18.0 Å². The molecular formula is C23H22F3N3O3. The molecule has 0 radical (unpaired) electrons. The van der Waals surface area contributed by atoms with Gasteiger partial charge in [-0.1, -0.05) is 30.3 Å². The van der Waals surface area contributed by atoms with E-state index >= 15 is 0 Å². The second-order valence-corrected chi connectivity index (χ2v) is 7.45. The Labute approximate surface area is 183 Å². The lowest BCUT2D eigenvalue weighted by atomic mass is 10.0. The van der Waals surface area contributed by atoms with Crippen LogP contribution in [0.15, 0.2) is 48.7 Å². The summed E-state index contributed by atoms with van der Waals surface area (Å²) in [5.74, 6) is 0.295. The molecule has 1 aromatic heterocycles. The van der Waals surface area contributed by atoms with E-state index in [1.807, 2.05) is 37.3 Å². The predicted octanol–water partition coefficient (Wildman–Crippen LogP) is 4.73. The van der Waals surface area contributed by atoms with Crippen LogP contribution in [0.2, 0.25) is 0 Å². The molecule has 1 fully saturated rings. The quantitative estimate of drug-likeness (QED) is 0.568. The maximum atomic E-state index is 13.5. The van der Waals surface area contributed by atoms with Gasteiger partial charge in [-0.05, 0) is 42.7 Å². The number of rotatable bonds is 5. The Bertz CT molecular complexity index is 1120. The summed E-state index contributed by atoms with van der Waals surface area (Å²) in [7, 11) is 0. The van der Waals surface area contributed by atoms with Crippen molar-refractivity contribution in [2.45, 2.75) is 32.0 Å². The molecule has 2 aromatic carbocycles. The zero-order chi connectivity index (χ0) is 22.7. The first-order valence-corrected chi connectivity index (χ1v) is 10.4. The number of fused-ring (bicyclic) bond motifs is 1. The maximum Gasteiger partial charge on any atom is 0.433 e. The number of amides is 1. The number of hydrogen-bond acceptors (Lipinski definition) is 5. The van der Waals surface area contributed by atoms with Gasteiger partial charge < -0.3 is 14.4 Å². The molecule has 168 valence electrons. The molecule has 32 heavy (non-hydrogen) atoms. The number of carbonyl (C=O) groups excluding carboxylic acids is 1. The molecule has 0 N–H and O–H groups in total. The Morgan fingerprint density at radius 3 is 2.78 bits per heavy atom.